The summed E-state index contributed by atoms with van der Waals surface area (Å²) < 4.78 is 64.7. The molecular weight excluding hydrogens is 533 g/mol. The molecule has 35 heavy (non-hydrogen) atoms. The van der Waals surface area contributed by atoms with E-state index in [2.05, 4.69) is 28.0 Å². The van der Waals surface area contributed by atoms with E-state index in [4.69, 9.17) is 15.0 Å². The van der Waals surface area contributed by atoms with Crippen LogP contribution < -0.4 is 16.7 Å². The van der Waals surface area contributed by atoms with Gasteiger partial charge in [0.05, 0.1) is 13.5 Å². The molecule has 196 valence electrons. The molecule has 1 amide bonds. The van der Waals surface area contributed by atoms with Crippen molar-refractivity contribution >= 4 is 35.6 Å². The molecule has 4 N–H and O–H groups in total. The number of nitrogen functional groups attached to an aromatic ring is 1. The summed E-state index contributed by atoms with van der Waals surface area (Å²) in [4.78, 5) is 38.0. The van der Waals surface area contributed by atoms with Crippen molar-refractivity contribution in [3.63, 3.8) is 0 Å². The third-order valence-corrected chi connectivity index (χ3v) is 8.60. The summed E-state index contributed by atoms with van der Waals surface area (Å²) in [6.45, 7) is 3.05. The van der Waals surface area contributed by atoms with Gasteiger partial charge in [-0.25, -0.2) is 13.9 Å². The molecule has 0 radical (unpaired) electrons. The average Bonchev–Trinajstić information content (AvgIpc) is 3.16. The summed E-state index contributed by atoms with van der Waals surface area (Å²) in [5.74, 6) is -0.397. The predicted molar refractivity (Wildman–Crippen MR) is 120 cm³/mol. The molecule has 4 unspecified atom stereocenters. The van der Waals surface area contributed by atoms with Gasteiger partial charge < -0.3 is 20.7 Å². The van der Waals surface area contributed by atoms with Gasteiger partial charge >= 0.3 is 29.6 Å². The highest BCUT2D eigenvalue weighted by Gasteiger charge is 2.46. The molecule has 1 aliphatic rings. The van der Waals surface area contributed by atoms with Gasteiger partial charge in [-0.3, -0.25) is 18.4 Å². The van der Waals surface area contributed by atoms with Crippen LogP contribution in [0, 0.1) is 0 Å². The van der Waals surface area contributed by atoms with Crippen LogP contribution in [0.1, 0.15) is 25.8 Å². The summed E-state index contributed by atoms with van der Waals surface area (Å²) >= 11 is 0. The van der Waals surface area contributed by atoms with E-state index in [9.17, 15) is 28.2 Å². The Bertz CT molecular complexity index is 1160. The number of aromatic nitrogens is 2. The lowest BCUT2D eigenvalue weighted by atomic mass is 10.1. The fourth-order valence-electron chi connectivity index (χ4n) is 2.81. The van der Waals surface area contributed by atoms with Crippen molar-refractivity contribution in [3.05, 3.63) is 34.1 Å². The quantitative estimate of drug-likeness (QED) is 0.293. The van der Waals surface area contributed by atoms with Gasteiger partial charge in [-0.1, -0.05) is 0 Å². The van der Waals surface area contributed by atoms with Crippen LogP contribution in [-0.4, -0.2) is 47.7 Å². The maximum absolute atomic E-state index is 12.5. The molecule has 2 rings (SSSR count). The maximum atomic E-state index is 12.5. The van der Waals surface area contributed by atoms with Crippen molar-refractivity contribution in [2.24, 2.45) is 0 Å². The number of hydrogen-bond acceptors (Lipinski definition) is 13. The van der Waals surface area contributed by atoms with Gasteiger partial charge in [0.15, 0.2) is 5.72 Å². The largest absolute Gasteiger partial charge is 0.708 e. The molecule has 1 aromatic rings. The first kappa shape index (κ1) is 29.2. The Hall–Kier alpha value is -1.99. The summed E-state index contributed by atoms with van der Waals surface area (Å²) in [6.07, 6.45) is 2.82. The summed E-state index contributed by atoms with van der Waals surface area (Å²) in [5.41, 5.74) is 4.00. The van der Waals surface area contributed by atoms with Gasteiger partial charge in [0.1, 0.15) is 18.2 Å². The Morgan fingerprint density at radius 2 is 2.11 bits per heavy atom. The van der Waals surface area contributed by atoms with Crippen molar-refractivity contribution in [2.45, 2.75) is 32.4 Å². The smallest absolute Gasteiger partial charge is 0.470 e. The molecule has 4 atom stereocenters. The van der Waals surface area contributed by atoms with Crippen LogP contribution in [-0.2, 0) is 57.6 Å². The lowest BCUT2D eigenvalue weighted by Crippen LogP contribution is -2.40. The van der Waals surface area contributed by atoms with E-state index in [1.807, 2.05) is 0 Å². The van der Waals surface area contributed by atoms with Crippen LogP contribution >= 0.6 is 23.9 Å². The number of nitrogens with two attached hydrogens (primary N) is 1. The molecule has 2 heterocycles. The van der Waals surface area contributed by atoms with E-state index in [0.29, 0.717) is 12.1 Å². The van der Waals surface area contributed by atoms with Gasteiger partial charge in [0, 0.05) is 36.4 Å². The van der Waals surface area contributed by atoms with Gasteiger partial charge in [0.2, 0.25) is 5.91 Å². The van der Waals surface area contributed by atoms with Crippen LogP contribution in [0.2, 0.25) is 0 Å². The molecule has 0 aliphatic carbocycles. The van der Waals surface area contributed by atoms with E-state index >= 15 is 0 Å². The number of carbonyl (C=O) groups is 1. The summed E-state index contributed by atoms with van der Waals surface area (Å²) in [5, 5.41) is 2.62. The minimum Gasteiger partial charge on any atom is -0.470 e. The second-order valence-electron chi connectivity index (χ2n) is 7.03. The molecule has 0 bridgehead atoms. The predicted octanol–water partition coefficient (Wildman–Crippen LogP) is 1.69. The minimum atomic E-state index is -5.07. The number of ether oxygens (including phenoxy) is 1. The molecular formula is C16H26N4O12P3+. The fourth-order valence-corrected chi connectivity index (χ4v) is 6.14. The highest BCUT2D eigenvalue weighted by atomic mass is 31.3. The van der Waals surface area contributed by atoms with Gasteiger partial charge in [0.25, 0.3) is 0 Å². The molecule has 0 saturated carbocycles. The number of hydrogen-bond donors (Lipinski definition) is 3. The maximum Gasteiger partial charge on any atom is 0.708 e. The standard InChI is InChI=1S/C16H25N4O12P3/c1-5-18-13(21)8-11-9-20(15(22)19-14(11)17)16(2)7-6-12(30-16)10-29-34(24,25)32-35(26,28-4)31-33(23)27-3/h6,9H,5,7-8,10H2,1-4H3,(H3-,17,18,19,21,22,24,25)/p+1. The number of rotatable bonds is 13. The Labute approximate surface area is 200 Å². The average molecular weight is 559 g/mol. The van der Waals surface area contributed by atoms with E-state index in [-0.39, 0.29) is 30.3 Å². The first-order valence-electron chi connectivity index (χ1n) is 9.85. The second-order valence-corrected chi connectivity index (χ2v) is 11.6. The van der Waals surface area contributed by atoms with Gasteiger partial charge in [-0.2, -0.15) is 9.29 Å². The zero-order chi connectivity index (χ0) is 26.4. The Morgan fingerprint density at radius 3 is 2.71 bits per heavy atom. The Balaban J connectivity index is 2.10. The van der Waals surface area contributed by atoms with Gasteiger partial charge in [-0.05, 0) is 24.2 Å². The van der Waals surface area contributed by atoms with Gasteiger partial charge in [-0.15, -0.1) is 4.52 Å². The number of amides is 1. The first-order valence-corrected chi connectivity index (χ1v) is 13.9. The van der Waals surface area contributed by atoms with Crippen LogP contribution in [0.25, 0.3) is 0 Å². The second kappa shape index (κ2) is 11.8. The number of anilines is 1. The van der Waals surface area contributed by atoms with E-state index in [1.165, 1.54) is 19.2 Å². The van der Waals surface area contributed by atoms with Crippen molar-refractivity contribution in [2.75, 3.05) is 33.1 Å². The molecule has 19 heteroatoms. The number of carbonyl (C=O) groups excluding carboxylic acids is 1. The number of nitrogens with zero attached hydrogens (tertiary/aromatic N) is 2. The zero-order valence-corrected chi connectivity index (χ0v) is 21.9. The van der Waals surface area contributed by atoms with Crippen LogP contribution in [0.15, 0.2) is 22.8 Å². The first-order chi connectivity index (χ1) is 16.3. The molecule has 0 spiro atoms. The fraction of sp³-hybridized carbons (Fsp3) is 0.562. The normalized spacial score (nSPS) is 21.4. The van der Waals surface area contributed by atoms with Crippen molar-refractivity contribution < 1.29 is 50.3 Å². The summed E-state index contributed by atoms with van der Waals surface area (Å²) in [7, 11) is -11.0. The van der Waals surface area contributed by atoms with Crippen molar-refractivity contribution in [1.29, 1.82) is 0 Å². The monoisotopic (exact) mass is 559 g/mol. The van der Waals surface area contributed by atoms with Crippen LogP contribution in [0.5, 0.6) is 0 Å². The number of nitrogens with one attached hydrogen (secondary N) is 1. The lowest BCUT2D eigenvalue weighted by molar-refractivity contribution is -0.120. The Kier molecular flexibility index (Phi) is 9.88. The molecule has 0 aromatic carbocycles. The molecule has 0 saturated heterocycles. The Morgan fingerprint density at radius 1 is 1.43 bits per heavy atom. The van der Waals surface area contributed by atoms with E-state index in [0.717, 1.165) is 18.8 Å². The minimum absolute atomic E-state index is 0.0236. The number of phosphoric acid groups is 2. The van der Waals surface area contributed by atoms with E-state index < -0.39 is 41.9 Å². The third kappa shape index (κ3) is 8.01. The SMILES string of the molecule is CCNC(=O)Cc1cn(C2(C)CC=C(COP(=O)(O)OP(=O)(OC)O[P+](=O)OC)O2)c(=O)nc1N. The summed E-state index contributed by atoms with van der Waals surface area (Å²) in [6, 6.07) is 0. The third-order valence-electron chi connectivity index (χ3n) is 4.44. The van der Waals surface area contributed by atoms with Crippen LogP contribution in [0.3, 0.4) is 0 Å². The molecule has 0 fully saturated rings. The molecule has 1 aromatic heterocycles. The topological polar surface area (TPSA) is 217 Å². The highest BCUT2D eigenvalue weighted by Crippen LogP contribution is 2.66. The number of likely N-dealkylation sites (N-methyl/N-ethyl adjacent to an activating group) is 1. The highest BCUT2D eigenvalue weighted by molar-refractivity contribution is 7.65. The van der Waals surface area contributed by atoms with Crippen molar-refractivity contribution in [3.8, 4) is 0 Å². The zero-order valence-electron chi connectivity index (χ0n) is 19.2. The van der Waals surface area contributed by atoms with Crippen LogP contribution in [0.4, 0.5) is 5.82 Å². The molecule has 16 nitrogen and oxygen atoms in total. The number of phosphoric ester groups is 1. The van der Waals surface area contributed by atoms with Crippen molar-refractivity contribution in [1.82, 2.24) is 14.9 Å². The molecule has 1 aliphatic heterocycles. The lowest BCUT2D eigenvalue weighted by Gasteiger charge is -2.28. The van der Waals surface area contributed by atoms with E-state index in [1.54, 1.807) is 6.92 Å².